The van der Waals surface area contributed by atoms with E-state index in [0.717, 1.165) is 7.11 Å². The number of ether oxygens (including phenoxy) is 3. The van der Waals surface area contributed by atoms with Crippen molar-refractivity contribution in [1.29, 1.82) is 0 Å². The molecule has 0 aromatic heterocycles. The highest BCUT2D eigenvalue weighted by molar-refractivity contribution is 5.71. The maximum atomic E-state index is 11.5. The fourth-order valence-corrected chi connectivity index (χ4v) is 1.69. The summed E-state index contributed by atoms with van der Waals surface area (Å²) >= 11 is 0. The molecule has 0 radical (unpaired) electrons. The van der Waals surface area contributed by atoms with Crippen molar-refractivity contribution in [3.63, 3.8) is 0 Å². The van der Waals surface area contributed by atoms with Crippen molar-refractivity contribution in [3.8, 4) is 0 Å². The van der Waals surface area contributed by atoms with Gasteiger partial charge in [-0.15, -0.1) is 0 Å². The second-order valence-electron chi connectivity index (χ2n) is 4.36. The third-order valence-electron chi connectivity index (χ3n) is 2.66. The second-order valence-corrected chi connectivity index (χ2v) is 4.36. The molecule has 0 bridgehead atoms. The lowest BCUT2D eigenvalue weighted by Gasteiger charge is -2.37. The number of hydrogen-bond donors (Lipinski definition) is 2. The third kappa shape index (κ3) is 4.89. The molecule has 6 nitrogen and oxygen atoms in total. The molecule has 6 heteroatoms. The third-order valence-corrected chi connectivity index (χ3v) is 2.66. The predicted octanol–water partition coefficient (Wildman–Crippen LogP) is 0.305. The van der Waals surface area contributed by atoms with Crippen LogP contribution in [0.2, 0.25) is 0 Å². The van der Waals surface area contributed by atoms with Crippen LogP contribution in [0.3, 0.4) is 0 Å². The highest BCUT2D eigenvalue weighted by Gasteiger charge is 2.38. The maximum absolute atomic E-state index is 11.5. The summed E-state index contributed by atoms with van der Waals surface area (Å²) in [6, 6.07) is 0. The van der Waals surface area contributed by atoms with Gasteiger partial charge in [-0.25, -0.2) is 0 Å². The van der Waals surface area contributed by atoms with E-state index in [4.69, 9.17) is 19.3 Å². The second kappa shape index (κ2) is 8.42. The van der Waals surface area contributed by atoms with Crippen LogP contribution in [0.5, 0.6) is 0 Å². The van der Waals surface area contributed by atoms with Crippen LogP contribution >= 0.6 is 0 Å². The van der Waals surface area contributed by atoms with Crippen LogP contribution in [-0.2, 0) is 19.0 Å². The van der Waals surface area contributed by atoms with Gasteiger partial charge in [-0.2, -0.15) is 0 Å². The first-order valence-corrected chi connectivity index (χ1v) is 5.97. The molecule has 108 valence electrons. The van der Waals surface area contributed by atoms with Crippen molar-refractivity contribution in [2.24, 2.45) is 5.92 Å². The molecule has 1 fully saturated rings. The van der Waals surface area contributed by atoms with E-state index in [1.165, 1.54) is 7.11 Å². The molecule has 2 N–H and O–H groups in total. The number of aliphatic hydroxyl groups is 2. The molecule has 0 amide bonds. The number of rotatable bonds is 3. The Kier molecular flexibility index (Phi) is 8.10. The molecule has 1 aliphatic heterocycles. The van der Waals surface area contributed by atoms with Crippen LogP contribution in [0.25, 0.3) is 0 Å². The van der Waals surface area contributed by atoms with Gasteiger partial charge in [0.2, 0.25) is 0 Å². The molecule has 0 saturated carbocycles. The van der Waals surface area contributed by atoms with Gasteiger partial charge in [0.05, 0.1) is 12.0 Å². The monoisotopic (exact) mass is 264 g/mol. The van der Waals surface area contributed by atoms with Gasteiger partial charge in [-0.1, -0.05) is 13.8 Å². The zero-order valence-electron chi connectivity index (χ0n) is 11.6. The summed E-state index contributed by atoms with van der Waals surface area (Å²) < 4.78 is 15.7. The Balaban J connectivity index is 0.00000137. The molecule has 1 rings (SSSR count). The van der Waals surface area contributed by atoms with Crippen molar-refractivity contribution < 1.29 is 29.2 Å². The smallest absolute Gasteiger partial charge is 0.308 e. The molecular formula is C12H24O6. The van der Waals surface area contributed by atoms with Crippen LogP contribution in [-0.4, -0.2) is 55.0 Å². The lowest BCUT2D eigenvalue weighted by atomic mass is 10.0. The van der Waals surface area contributed by atoms with Crippen LogP contribution in [0.4, 0.5) is 0 Å². The first kappa shape index (κ1) is 17.3. The Bertz CT molecular complexity index is 243. The molecule has 0 spiro atoms. The number of hydrogen-bond acceptors (Lipinski definition) is 6. The molecule has 2 unspecified atom stereocenters. The Hall–Kier alpha value is -0.690. The lowest BCUT2D eigenvalue weighted by molar-refractivity contribution is -0.241. The standard InChI is InChI=1S/C11H20O5.CH4O/c1-6(2)11(13)16-10-7(3)15-9(12)5-8(10)14-4;1-2/h6-10,12H,5H2,1-4H3;2H,1H3/t7?,8?,9-,10+;/m1./s1. The summed E-state index contributed by atoms with van der Waals surface area (Å²) in [6.07, 6.45) is -1.67. The first-order valence-electron chi connectivity index (χ1n) is 5.97. The number of carbonyl (C=O) groups is 1. The molecule has 1 aliphatic rings. The van der Waals surface area contributed by atoms with Crippen LogP contribution < -0.4 is 0 Å². The van der Waals surface area contributed by atoms with Crippen molar-refractivity contribution in [2.75, 3.05) is 14.2 Å². The fourth-order valence-electron chi connectivity index (χ4n) is 1.69. The maximum Gasteiger partial charge on any atom is 0.308 e. The molecular weight excluding hydrogens is 240 g/mol. The summed E-state index contributed by atoms with van der Waals surface area (Å²) in [7, 11) is 2.53. The topological polar surface area (TPSA) is 85.2 Å². The molecule has 0 aliphatic carbocycles. The van der Waals surface area contributed by atoms with E-state index in [0.29, 0.717) is 6.42 Å². The van der Waals surface area contributed by atoms with E-state index >= 15 is 0 Å². The zero-order valence-corrected chi connectivity index (χ0v) is 11.6. The van der Waals surface area contributed by atoms with E-state index in [1.807, 2.05) is 0 Å². The average Bonchev–Trinajstić information content (AvgIpc) is 2.34. The highest BCUT2D eigenvalue weighted by Crippen LogP contribution is 2.24. The zero-order chi connectivity index (χ0) is 14.3. The molecule has 0 aromatic rings. The number of aliphatic hydroxyl groups excluding tert-OH is 2. The minimum Gasteiger partial charge on any atom is -0.457 e. The number of carbonyl (C=O) groups excluding carboxylic acids is 1. The molecule has 18 heavy (non-hydrogen) atoms. The van der Waals surface area contributed by atoms with Gasteiger partial charge < -0.3 is 24.4 Å². The quantitative estimate of drug-likeness (QED) is 0.713. The Morgan fingerprint density at radius 2 is 1.94 bits per heavy atom. The highest BCUT2D eigenvalue weighted by atomic mass is 16.6. The van der Waals surface area contributed by atoms with Crippen molar-refractivity contribution in [3.05, 3.63) is 0 Å². The Morgan fingerprint density at radius 1 is 1.39 bits per heavy atom. The molecule has 0 aromatic carbocycles. The van der Waals surface area contributed by atoms with E-state index in [1.54, 1.807) is 20.8 Å². The van der Waals surface area contributed by atoms with Gasteiger partial charge in [0.1, 0.15) is 6.10 Å². The van der Waals surface area contributed by atoms with E-state index < -0.39 is 12.4 Å². The van der Waals surface area contributed by atoms with Gasteiger partial charge in [-0.3, -0.25) is 4.79 Å². The first-order chi connectivity index (χ1) is 8.45. The van der Waals surface area contributed by atoms with E-state index in [-0.39, 0.29) is 24.1 Å². The van der Waals surface area contributed by atoms with Crippen molar-refractivity contribution >= 4 is 5.97 Å². The van der Waals surface area contributed by atoms with Crippen LogP contribution in [0.15, 0.2) is 0 Å². The van der Waals surface area contributed by atoms with Gasteiger partial charge in [0, 0.05) is 20.6 Å². The number of methoxy groups -OCH3 is 1. The minimum atomic E-state index is -0.853. The molecule has 1 heterocycles. The average molecular weight is 264 g/mol. The van der Waals surface area contributed by atoms with Crippen molar-refractivity contribution in [1.82, 2.24) is 0 Å². The SMILES string of the molecule is CO.COC1C[C@H](O)OC(C)[C@@H]1OC(=O)C(C)C. The fraction of sp³-hybridized carbons (Fsp3) is 0.917. The van der Waals surface area contributed by atoms with E-state index in [2.05, 4.69) is 0 Å². The summed E-state index contributed by atoms with van der Waals surface area (Å²) in [5, 5.41) is 16.4. The van der Waals surface area contributed by atoms with Gasteiger partial charge >= 0.3 is 5.97 Å². The van der Waals surface area contributed by atoms with Gasteiger partial charge in [0.25, 0.3) is 0 Å². The summed E-state index contributed by atoms with van der Waals surface area (Å²) in [6.45, 7) is 5.30. The van der Waals surface area contributed by atoms with Crippen LogP contribution in [0, 0.1) is 5.92 Å². The van der Waals surface area contributed by atoms with Crippen LogP contribution in [0.1, 0.15) is 27.2 Å². The molecule has 1 saturated heterocycles. The summed E-state index contributed by atoms with van der Waals surface area (Å²) in [5.41, 5.74) is 0. The normalized spacial score (nSPS) is 31.6. The Labute approximate surface area is 108 Å². The van der Waals surface area contributed by atoms with Crippen molar-refractivity contribution in [2.45, 2.75) is 51.8 Å². The molecule has 4 atom stereocenters. The Morgan fingerprint density at radius 3 is 2.39 bits per heavy atom. The van der Waals surface area contributed by atoms with Gasteiger partial charge in [-0.05, 0) is 6.92 Å². The summed E-state index contributed by atoms with van der Waals surface area (Å²) in [4.78, 5) is 11.5. The lowest BCUT2D eigenvalue weighted by Crippen LogP contribution is -2.50. The van der Waals surface area contributed by atoms with E-state index in [9.17, 15) is 9.90 Å². The number of esters is 1. The summed E-state index contributed by atoms with van der Waals surface area (Å²) in [5.74, 6) is -0.463. The largest absolute Gasteiger partial charge is 0.457 e. The minimum absolute atomic E-state index is 0.184. The predicted molar refractivity (Wildman–Crippen MR) is 64.8 cm³/mol. The van der Waals surface area contributed by atoms with Gasteiger partial charge in [0.15, 0.2) is 12.4 Å².